The lowest BCUT2D eigenvalue weighted by Crippen LogP contribution is -2.55. The number of halogens is 2. The Labute approximate surface area is 197 Å². The molecule has 3 aromatic carbocycles. The average molecular weight is 464 g/mol. The summed E-state index contributed by atoms with van der Waals surface area (Å²) >= 11 is 0. The minimum atomic E-state index is -0.807. The predicted octanol–water partition coefficient (Wildman–Crippen LogP) is 4.02. The molecule has 5 rings (SSSR count). The van der Waals surface area contributed by atoms with E-state index < -0.39 is 29.5 Å². The molecule has 0 radical (unpaired) electrons. The lowest BCUT2D eigenvalue weighted by molar-refractivity contribution is -0.138. The number of hydrogen-bond donors (Lipinski definition) is 2. The third kappa shape index (κ3) is 4.80. The summed E-state index contributed by atoms with van der Waals surface area (Å²) in [6, 6.07) is 16.8. The minimum Gasteiger partial charge on any atom is -0.348 e. The highest BCUT2D eigenvalue weighted by Gasteiger charge is 2.40. The van der Waals surface area contributed by atoms with Crippen LogP contribution in [0.3, 0.4) is 0 Å². The summed E-state index contributed by atoms with van der Waals surface area (Å²) in [5.41, 5.74) is 1.01. The van der Waals surface area contributed by atoms with Gasteiger partial charge in [0.1, 0.15) is 11.6 Å². The molecular formula is C27H27F2N3O2. The number of amides is 2. The maximum Gasteiger partial charge on any atom is 0.251 e. The Balaban J connectivity index is 1.36. The van der Waals surface area contributed by atoms with E-state index in [9.17, 15) is 18.4 Å². The average Bonchev–Trinajstić information content (AvgIpc) is 3.67. The lowest BCUT2D eigenvalue weighted by atomic mass is 9.91. The fraction of sp³-hybridized carbons (Fsp3) is 0.333. The Morgan fingerprint density at radius 3 is 2.47 bits per heavy atom. The number of nitrogens with zero attached hydrogens (tertiary/aromatic N) is 1. The second-order valence-electron chi connectivity index (χ2n) is 9.17. The number of carbonyl (C=O) groups is 2. The molecule has 1 aliphatic heterocycles. The van der Waals surface area contributed by atoms with Crippen molar-refractivity contribution in [3.05, 3.63) is 83.4 Å². The van der Waals surface area contributed by atoms with Gasteiger partial charge in [-0.05, 0) is 54.3 Å². The fourth-order valence-corrected chi connectivity index (χ4v) is 4.83. The van der Waals surface area contributed by atoms with Crippen molar-refractivity contribution in [3.63, 3.8) is 0 Å². The van der Waals surface area contributed by atoms with Gasteiger partial charge >= 0.3 is 0 Å². The van der Waals surface area contributed by atoms with E-state index >= 15 is 0 Å². The molecule has 7 heteroatoms. The van der Waals surface area contributed by atoms with E-state index in [1.807, 2.05) is 23.1 Å². The summed E-state index contributed by atoms with van der Waals surface area (Å²) in [7, 11) is 0. The number of carbonyl (C=O) groups excluding carboxylic acids is 2. The number of rotatable bonds is 6. The molecule has 2 unspecified atom stereocenters. The number of fused-ring (bicyclic) bond motifs is 1. The van der Waals surface area contributed by atoms with Gasteiger partial charge in [0.05, 0.1) is 5.92 Å². The van der Waals surface area contributed by atoms with E-state index in [0.29, 0.717) is 26.1 Å². The van der Waals surface area contributed by atoms with Gasteiger partial charge in [0.15, 0.2) is 0 Å². The molecule has 1 saturated carbocycles. The van der Waals surface area contributed by atoms with Crippen molar-refractivity contribution < 1.29 is 18.4 Å². The zero-order chi connectivity index (χ0) is 23.7. The molecule has 176 valence electrons. The Morgan fingerprint density at radius 1 is 0.971 bits per heavy atom. The first kappa shape index (κ1) is 22.5. The van der Waals surface area contributed by atoms with Crippen LogP contribution in [0.5, 0.6) is 0 Å². The first-order valence-electron chi connectivity index (χ1n) is 11.7. The third-order valence-corrected chi connectivity index (χ3v) is 6.73. The molecular weight excluding hydrogens is 436 g/mol. The SMILES string of the molecule is O=C(NC1CCNCC1C(=O)N(Cc1cccc2ccccc12)C1CC1)c1cc(F)cc(F)c1. The van der Waals surface area contributed by atoms with Gasteiger partial charge in [0, 0.05) is 36.8 Å². The summed E-state index contributed by atoms with van der Waals surface area (Å²) in [5.74, 6) is -2.64. The topological polar surface area (TPSA) is 61.4 Å². The normalized spacial score (nSPS) is 20.2. The molecule has 1 heterocycles. The van der Waals surface area contributed by atoms with Crippen LogP contribution in [0.15, 0.2) is 60.7 Å². The number of benzene rings is 3. The van der Waals surface area contributed by atoms with Crippen LogP contribution in [0.1, 0.15) is 35.2 Å². The van der Waals surface area contributed by atoms with Crippen LogP contribution in [-0.4, -0.2) is 41.9 Å². The van der Waals surface area contributed by atoms with Crippen LogP contribution >= 0.6 is 0 Å². The molecule has 34 heavy (non-hydrogen) atoms. The Kier molecular flexibility index (Phi) is 6.28. The van der Waals surface area contributed by atoms with Gasteiger partial charge in [0.25, 0.3) is 5.91 Å². The standard InChI is InChI=1S/C27H27F2N3O2/c28-20-12-19(13-21(29)14-20)26(33)31-25-10-11-30-15-24(25)27(34)32(22-8-9-22)16-18-6-3-5-17-4-1-2-7-23(17)18/h1-7,12-14,22,24-25,30H,8-11,15-16H2,(H,31,33). The number of nitrogens with one attached hydrogen (secondary N) is 2. The zero-order valence-electron chi connectivity index (χ0n) is 18.8. The van der Waals surface area contributed by atoms with Crippen LogP contribution in [0.2, 0.25) is 0 Å². The van der Waals surface area contributed by atoms with Crippen LogP contribution in [0.4, 0.5) is 8.78 Å². The summed E-state index contributed by atoms with van der Waals surface area (Å²) in [6.45, 7) is 1.61. The molecule has 0 aromatic heterocycles. The largest absolute Gasteiger partial charge is 0.348 e. The van der Waals surface area contributed by atoms with Gasteiger partial charge in [-0.3, -0.25) is 9.59 Å². The third-order valence-electron chi connectivity index (χ3n) is 6.73. The predicted molar refractivity (Wildman–Crippen MR) is 126 cm³/mol. The van der Waals surface area contributed by atoms with Crippen molar-refractivity contribution in [2.24, 2.45) is 5.92 Å². The number of piperidine rings is 1. The molecule has 5 nitrogen and oxygen atoms in total. The van der Waals surface area contributed by atoms with Crippen molar-refractivity contribution in [2.45, 2.75) is 37.9 Å². The van der Waals surface area contributed by atoms with Gasteiger partial charge in [0.2, 0.25) is 5.91 Å². The van der Waals surface area contributed by atoms with Crippen molar-refractivity contribution in [1.82, 2.24) is 15.5 Å². The van der Waals surface area contributed by atoms with Crippen molar-refractivity contribution in [3.8, 4) is 0 Å². The van der Waals surface area contributed by atoms with Crippen LogP contribution in [0, 0.1) is 17.6 Å². The lowest BCUT2D eigenvalue weighted by Gasteiger charge is -2.36. The van der Waals surface area contributed by atoms with Gasteiger partial charge in [-0.2, -0.15) is 0 Å². The number of hydrogen-bond acceptors (Lipinski definition) is 3. The van der Waals surface area contributed by atoms with Crippen molar-refractivity contribution >= 4 is 22.6 Å². The molecule has 2 amide bonds. The molecule has 3 aromatic rings. The first-order chi connectivity index (χ1) is 16.5. The fourth-order valence-electron chi connectivity index (χ4n) is 4.83. The summed E-state index contributed by atoms with van der Waals surface area (Å²) < 4.78 is 27.2. The highest BCUT2D eigenvalue weighted by Crippen LogP contribution is 2.32. The molecule has 1 saturated heterocycles. The molecule has 2 N–H and O–H groups in total. The van der Waals surface area contributed by atoms with E-state index in [0.717, 1.165) is 47.4 Å². The molecule has 1 aliphatic carbocycles. The van der Waals surface area contributed by atoms with E-state index in [-0.39, 0.29) is 17.5 Å². The Bertz CT molecular complexity index is 1200. The Morgan fingerprint density at radius 2 is 1.71 bits per heavy atom. The van der Waals surface area contributed by atoms with Crippen molar-refractivity contribution in [2.75, 3.05) is 13.1 Å². The highest BCUT2D eigenvalue weighted by molar-refractivity contribution is 5.95. The van der Waals surface area contributed by atoms with Gasteiger partial charge in [-0.25, -0.2) is 8.78 Å². The maximum absolute atomic E-state index is 13.8. The molecule has 2 atom stereocenters. The molecule has 0 bridgehead atoms. The molecule has 2 fully saturated rings. The quantitative estimate of drug-likeness (QED) is 0.581. The summed E-state index contributed by atoms with van der Waals surface area (Å²) in [6.07, 6.45) is 2.50. The second-order valence-corrected chi connectivity index (χ2v) is 9.17. The van der Waals surface area contributed by atoms with Gasteiger partial charge < -0.3 is 15.5 Å². The summed E-state index contributed by atoms with van der Waals surface area (Å²) in [4.78, 5) is 28.5. The van der Waals surface area contributed by atoms with Crippen LogP contribution in [-0.2, 0) is 11.3 Å². The first-order valence-corrected chi connectivity index (χ1v) is 11.7. The Hall–Kier alpha value is -3.32. The van der Waals surface area contributed by atoms with E-state index in [2.05, 4.69) is 34.9 Å². The van der Waals surface area contributed by atoms with Gasteiger partial charge in [-0.15, -0.1) is 0 Å². The van der Waals surface area contributed by atoms with E-state index in [1.165, 1.54) is 0 Å². The maximum atomic E-state index is 13.8. The van der Waals surface area contributed by atoms with Crippen LogP contribution < -0.4 is 10.6 Å². The van der Waals surface area contributed by atoms with Crippen LogP contribution in [0.25, 0.3) is 10.8 Å². The zero-order valence-corrected chi connectivity index (χ0v) is 18.8. The minimum absolute atomic E-state index is 0.00152. The molecule has 2 aliphatic rings. The van der Waals surface area contributed by atoms with Gasteiger partial charge in [-0.1, -0.05) is 42.5 Å². The monoisotopic (exact) mass is 463 g/mol. The van der Waals surface area contributed by atoms with E-state index in [4.69, 9.17) is 0 Å². The summed E-state index contributed by atoms with van der Waals surface area (Å²) in [5, 5.41) is 8.40. The highest BCUT2D eigenvalue weighted by atomic mass is 19.1. The smallest absolute Gasteiger partial charge is 0.251 e. The van der Waals surface area contributed by atoms with E-state index in [1.54, 1.807) is 0 Å². The molecule has 0 spiro atoms. The van der Waals surface area contributed by atoms with Crippen molar-refractivity contribution in [1.29, 1.82) is 0 Å². The second kappa shape index (κ2) is 9.50.